The van der Waals surface area contributed by atoms with Crippen molar-refractivity contribution in [2.24, 2.45) is 17.4 Å². The molecule has 0 aromatic heterocycles. The maximum Gasteiger partial charge on any atom is 0.469 e. The zero-order valence-electron chi connectivity index (χ0n) is 22.6. The van der Waals surface area contributed by atoms with Crippen LogP contribution in [-0.2, 0) is 33.1 Å². The van der Waals surface area contributed by atoms with Gasteiger partial charge in [0.1, 0.15) is 24.2 Å². The molecule has 11 N–H and O–H groups in total. The third-order valence-corrected chi connectivity index (χ3v) is 5.95. The number of nitrogens with two attached hydrogens (primary N) is 2. The van der Waals surface area contributed by atoms with Gasteiger partial charge in [-0.25, -0.2) is 9.36 Å². The highest BCUT2D eigenvalue weighted by Crippen LogP contribution is 2.35. The Bertz CT molecular complexity index is 868. The predicted molar refractivity (Wildman–Crippen MR) is 140 cm³/mol. The van der Waals surface area contributed by atoms with E-state index in [1.54, 1.807) is 13.8 Å². The van der Waals surface area contributed by atoms with E-state index < -0.39 is 74.1 Å². The van der Waals surface area contributed by atoms with Crippen LogP contribution in [0.5, 0.6) is 0 Å². The maximum atomic E-state index is 13.0. The van der Waals surface area contributed by atoms with Crippen LogP contribution >= 0.6 is 7.82 Å². The number of carbonyl (C=O) groups excluding carboxylic acids is 4. The molecule has 0 saturated carbocycles. The highest BCUT2D eigenvalue weighted by Gasteiger charge is 2.31. The van der Waals surface area contributed by atoms with Gasteiger partial charge in [-0.2, -0.15) is 0 Å². The van der Waals surface area contributed by atoms with Crippen LogP contribution < -0.4 is 32.7 Å². The van der Waals surface area contributed by atoms with Crippen LogP contribution in [0, 0.1) is 5.92 Å². The Morgan fingerprint density at radius 3 is 1.64 bits per heavy atom. The fourth-order valence-electron chi connectivity index (χ4n) is 3.15. The van der Waals surface area contributed by atoms with Crippen LogP contribution in [0.3, 0.4) is 0 Å². The van der Waals surface area contributed by atoms with Gasteiger partial charge < -0.3 is 47.6 Å². The molecule has 4 amide bonds. The smallest absolute Gasteiger partial charge is 0.469 e. The fourth-order valence-corrected chi connectivity index (χ4v) is 3.50. The molecule has 0 aliphatic carbocycles. The van der Waals surface area contributed by atoms with Crippen molar-refractivity contribution in [3.05, 3.63) is 0 Å². The van der Waals surface area contributed by atoms with Gasteiger partial charge in [-0.05, 0) is 58.5 Å². The Morgan fingerprint density at radius 2 is 1.18 bits per heavy atom. The number of hydrogen-bond donors (Lipinski definition) is 9. The van der Waals surface area contributed by atoms with E-state index >= 15 is 0 Å². The van der Waals surface area contributed by atoms with Gasteiger partial charge in [0.25, 0.3) is 0 Å². The Balaban J connectivity index is 5.55. The van der Waals surface area contributed by atoms with Crippen molar-refractivity contribution >= 4 is 37.4 Å². The summed E-state index contributed by atoms with van der Waals surface area (Å²) < 4.78 is 15.6. The van der Waals surface area contributed by atoms with Crippen LogP contribution in [0.2, 0.25) is 0 Å². The summed E-state index contributed by atoms with van der Waals surface area (Å²) in [6, 6.07) is -5.27. The minimum absolute atomic E-state index is 0.112. The van der Waals surface area contributed by atoms with E-state index in [4.69, 9.17) is 21.3 Å². The Kier molecular flexibility index (Phi) is 17.4. The van der Waals surface area contributed by atoms with Crippen molar-refractivity contribution in [2.75, 3.05) is 19.7 Å². The van der Waals surface area contributed by atoms with Gasteiger partial charge in [0.2, 0.25) is 23.6 Å². The molecule has 226 valence electrons. The minimum Gasteiger partial charge on any atom is -0.480 e. The van der Waals surface area contributed by atoms with E-state index in [1.807, 2.05) is 0 Å². The van der Waals surface area contributed by atoms with Gasteiger partial charge in [0.05, 0.1) is 6.61 Å². The van der Waals surface area contributed by atoms with Crippen molar-refractivity contribution in [1.29, 1.82) is 0 Å². The van der Waals surface area contributed by atoms with E-state index in [0.717, 1.165) is 0 Å². The average molecular weight is 583 g/mol. The highest BCUT2D eigenvalue weighted by atomic mass is 31.2. The van der Waals surface area contributed by atoms with Crippen LogP contribution in [0.25, 0.3) is 0 Å². The molecule has 0 rings (SSSR count). The van der Waals surface area contributed by atoms with Gasteiger partial charge >= 0.3 is 13.8 Å². The zero-order valence-corrected chi connectivity index (χ0v) is 23.4. The monoisotopic (exact) mass is 582 g/mol. The molecule has 39 heavy (non-hydrogen) atoms. The van der Waals surface area contributed by atoms with E-state index in [-0.39, 0.29) is 12.8 Å². The summed E-state index contributed by atoms with van der Waals surface area (Å²) in [5.41, 5.74) is 10.9. The van der Waals surface area contributed by atoms with Crippen molar-refractivity contribution in [1.82, 2.24) is 21.3 Å². The number of carbonyl (C=O) groups is 5. The third kappa shape index (κ3) is 16.2. The lowest BCUT2D eigenvalue weighted by Crippen LogP contribution is -2.58. The van der Waals surface area contributed by atoms with Gasteiger partial charge in [-0.1, -0.05) is 13.8 Å². The van der Waals surface area contributed by atoms with Crippen molar-refractivity contribution in [3.8, 4) is 0 Å². The Labute approximate surface area is 227 Å². The molecule has 0 heterocycles. The number of unbranched alkanes of at least 4 members (excludes halogenated alkanes) is 2. The zero-order chi connectivity index (χ0) is 30.2. The number of phosphoric ester groups is 1. The number of phosphoric acid groups is 1. The second-order valence-corrected chi connectivity index (χ2v) is 10.5. The number of amides is 4. The fraction of sp³-hybridized carbons (Fsp3) is 0.773. The molecule has 0 bridgehead atoms. The van der Waals surface area contributed by atoms with Crippen molar-refractivity contribution in [2.45, 2.75) is 83.5 Å². The number of nitrogens with one attached hydrogen (secondary N) is 4. The maximum absolute atomic E-state index is 13.0. The number of hydrogen-bond acceptors (Lipinski definition) is 9. The second-order valence-electron chi connectivity index (χ2n) is 9.26. The molecule has 0 saturated heterocycles. The van der Waals surface area contributed by atoms with Crippen molar-refractivity contribution in [3.63, 3.8) is 0 Å². The Hall–Kier alpha value is -2.62. The summed E-state index contributed by atoms with van der Waals surface area (Å²) in [6.45, 7) is 4.24. The molecule has 4 atom stereocenters. The summed E-state index contributed by atoms with van der Waals surface area (Å²) in [4.78, 5) is 80.1. The molecule has 0 unspecified atom stereocenters. The minimum atomic E-state index is -5.05. The average Bonchev–Trinajstić information content (AvgIpc) is 2.84. The summed E-state index contributed by atoms with van der Waals surface area (Å²) in [7, 11) is -5.05. The van der Waals surface area contributed by atoms with Crippen LogP contribution in [0.15, 0.2) is 0 Å². The quantitative estimate of drug-likeness (QED) is 0.0560. The van der Waals surface area contributed by atoms with Gasteiger partial charge in [-0.15, -0.1) is 0 Å². The summed E-state index contributed by atoms with van der Waals surface area (Å²) in [5, 5.41) is 18.8. The number of aliphatic carboxylic acids is 1. The molecule has 0 aliphatic heterocycles. The van der Waals surface area contributed by atoms with E-state index in [0.29, 0.717) is 38.8 Å². The van der Waals surface area contributed by atoms with Crippen LogP contribution in [0.1, 0.15) is 59.3 Å². The van der Waals surface area contributed by atoms with E-state index in [9.17, 15) is 33.6 Å². The lowest BCUT2D eigenvalue weighted by Gasteiger charge is -2.25. The second kappa shape index (κ2) is 18.6. The molecule has 0 radical (unpaired) electrons. The molecule has 17 heteroatoms. The highest BCUT2D eigenvalue weighted by molar-refractivity contribution is 7.46. The first-order valence-corrected chi connectivity index (χ1v) is 14.2. The molecule has 0 fully saturated rings. The summed E-state index contributed by atoms with van der Waals surface area (Å²) >= 11 is 0. The van der Waals surface area contributed by atoms with Gasteiger partial charge in [0.15, 0.2) is 0 Å². The van der Waals surface area contributed by atoms with Gasteiger partial charge in [0, 0.05) is 5.92 Å². The third-order valence-electron chi connectivity index (χ3n) is 5.46. The topological polar surface area (TPSA) is 272 Å². The Morgan fingerprint density at radius 1 is 0.718 bits per heavy atom. The van der Waals surface area contributed by atoms with E-state index in [1.165, 1.54) is 6.92 Å². The number of carboxylic acids is 1. The lowest BCUT2D eigenvalue weighted by molar-refractivity contribution is -0.142. The first kappa shape index (κ1) is 36.4. The summed E-state index contributed by atoms with van der Waals surface area (Å²) in [6.07, 6.45) is 2.31. The first-order chi connectivity index (χ1) is 18.1. The number of carboxylic acid groups (broad SMARTS) is 1. The van der Waals surface area contributed by atoms with E-state index in [2.05, 4.69) is 25.8 Å². The molecule has 0 aliphatic rings. The largest absolute Gasteiger partial charge is 0.480 e. The number of rotatable bonds is 20. The molecule has 0 aromatic rings. The molecule has 16 nitrogen and oxygen atoms in total. The van der Waals surface area contributed by atoms with Gasteiger partial charge in [-0.3, -0.25) is 23.7 Å². The molecular formula is C22H43N6O10P. The van der Waals surface area contributed by atoms with Crippen molar-refractivity contribution < 1.29 is 48.0 Å². The van der Waals surface area contributed by atoms with Crippen LogP contribution in [-0.4, -0.2) is 88.4 Å². The predicted octanol–water partition coefficient (Wildman–Crippen LogP) is -1.95. The van der Waals surface area contributed by atoms with Crippen LogP contribution in [0.4, 0.5) is 0 Å². The molecule has 0 spiro atoms. The normalized spacial score (nSPS) is 14.6. The standard InChI is InChI=1S/C22H43N6O10P/c1-13(2)18(29)26-15(8-4-6-10-23)20(31)28-17(12-38-39(35,36)37)21(32)25-14(3)19(30)27-16(22(33)34)9-5-7-11-24/h13-17H,4-12,23-24H2,1-3H3,(H,25,32)(H,26,29)(H,27,30)(H,28,31)(H,33,34)(H2,35,36,37)/t14-,15-,16-,17-/m0/s1. The molecule has 0 aromatic carbocycles. The SMILES string of the molecule is CC(C)C(=O)N[C@@H](CCCCN)C(=O)N[C@@H](COP(=O)(O)O)C(=O)N[C@@H](C)C(=O)N[C@@H](CCCCN)C(=O)O. The summed E-state index contributed by atoms with van der Waals surface area (Å²) in [5.74, 6) is -4.85. The first-order valence-electron chi connectivity index (χ1n) is 12.7. The lowest BCUT2D eigenvalue weighted by atomic mass is 10.1. The molecular weight excluding hydrogens is 539 g/mol.